The fraction of sp³-hybridized carbons (Fsp3) is 0.179. The predicted molar refractivity (Wildman–Crippen MR) is 142 cm³/mol. The zero-order valence-corrected chi connectivity index (χ0v) is 20.9. The van der Waals surface area contributed by atoms with Crippen LogP contribution in [0.15, 0.2) is 54.7 Å². The smallest absolute Gasteiger partial charge is 0.222 e. The summed E-state index contributed by atoms with van der Waals surface area (Å²) < 4.78 is 30.6. The van der Waals surface area contributed by atoms with Crippen LogP contribution in [0.5, 0.6) is 5.75 Å². The van der Waals surface area contributed by atoms with Crippen molar-refractivity contribution in [2.75, 3.05) is 10.6 Å². The summed E-state index contributed by atoms with van der Waals surface area (Å²) >= 11 is 0. The van der Waals surface area contributed by atoms with Gasteiger partial charge in [0.15, 0.2) is 5.82 Å². The molecule has 0 saturated heterocycles. The SMILES string of the molecule is CC(=O)Nc1cc(Nc2nc(-c3nn(Cc4c(F)cc(O)cc4F)c4ccccc34)nc3c2CCC3)ccn1. The lowest BCUT2D eigenvalue weighted by atomic mass is 10.1. The van der Waals surface area contributed by atoms with Gasteiger partial charge in [-0.1, -0.05) is 18.2 Å². The number of hydrogen-bond acceptors (Lipinski definition) is 7. The van der Waals surface area contributed by atoms with Crippen molar-refractivity contribution in [2.45, 2.75) is 32.7 Å². The van der Waals surface area contributed by atoms with E-state index in [4.69, 9.17) is 15.1 Å². The molecule has 11 heteroatoms. The highest BCUT2D eigenvalue weighted by molar-refractivity contribution is 5.92. The Bertz CT molecular complexity index is 1730. The van der Waals surface area contributed by atoms with Gasteiger partial charge in [-0.05, 0) is 31.4 Å². The van der Waals surface area contributed by atoms with Crippen LogP contribution < -0.4 is 10.6 Å². The fourth-order valence-corrected chi connectivity index (χ4v) is 4.84. The minimum Gasteiger partial charge on any atom is -0.508 e. The molecule has 3 N–H and O–H groups in total. The maximum Gasteiger partial charge on any atom is 0.222 e. The van der Waals surface area contributed by atoms with Gasteiger partial charge in [0.05, 0.1) is 12.1 Å². The molecule has 0 atom stereocenters. The third-order valence-corrected chi connectivity index (χ3v) is 6.56. The molecular formula is C28H23F2N7O2. The Morgan fingerprint density at radius 3 is 2.67 bits per heavy atom. The first kappa shape index (κ1) is 24.4. The molecule has 0 bridgehead atoms. The number of nitrogens with zero attached hydrogens (tertiary/aromatic N) is 5. The van der Waals surface area contributed by atoms with Gasteiger partial charge < -0.3 is 15.7 Å². The molecule has 2 aromatic carbocycles. The number of amides is 1. The number of rotatable bonds is 6. The van der Waals surface area contributed by atoms with Crippen LogP contribution in [-0.2, 0) is 24.2 Å². The summed E-state index contributed by atoms with van der Waals surface area (Å²) in [5.41, 5.74) is 3.55. The Hall–Kier alpha value is -4.93. The van der Waals surface area contributed by atoms with E-state index < -0.39 is 17.4 Å². The minimum atomic E-state index is -0.857. The number of aromatic hydroxyl groups is 1. The van der Waals surface area contributed by atoms with Gasteiger partial charge in [0.25, 0.3) is 0 Å². The highest BCUT2D eigenvalue weighted by Crippen LogP contribution is 2.34. The molecule has 1 aliphatic carbocycles. The van der Waals surface area contributed by atoms with Crippen LogP contribution in [0.2, 0.25) is 0 Å². The van der Waals surface area contributed by atoms with E-state index in [1.807, 2.05) is 24.3 Å². The van der Waals surface area contributed by atoms with E-state index in [2.05, 4.69) is 15.6 Å². The van der Waals surface area contributed by atoms with Crippen molar-refractivity contribution in [1.82, 2.24) is 24.7 Å². The monoisotopic (exact) mass is 527 g/mol. The van der Waals surface area contributed by atoms with Crippen molar-refractivity contribution in [2.24, 2.45) is 0 Å². The molecule has 3 aromatic heterocycles. The van der Waals surface area contributed by atoms with Crippen molar-refractivity contribution in [3.05, 3.63) is 83.2 Å². The number of halogens is 2. The molecule has 6 rings (SSSR count). The van der Waals surface area contributed by atoms with Crippen LogP contribution in [0.4, 0.5) is 26.1 Å². The van der Waals surface area contributed by atoms with E-state index in [0.717, 1.165) is 48.0 Å². The average Bonchev–Trinajstić information content (AvgIpc) is 3.51. The summed E-state index contributed by atoms with van der Waals surface area (Å²) in [6.07, 6.45) is 4.13. The summed E-state index contributed by atoms with van der Waals surface area (Å²) in [4.78, 5) is 25.3. The van der Waals surface area contributed by atoms with Gasteiger partial charge >= 0.3 is 0 Å². The Morgan fingerprint density at radius 1 is 1.08 bits per heavy atom. The third-order valence-electron chi connectivity index (χ3n) is 6.56. The predicted octanol–water partition coefficient (Wildman–Crippen LogP) is 5.11. The highest BCUT2D eigenvalue weighted by Gasteiger charge is 2.24. The Labute approximate surface area is 221 Å². The fourth-order valence-electron chi connectivity index (χ4n) is 4.84. The summed E-state index contributed by atoms with van der Waals surface area (Å²) in [5.74, 6) is -0.992. The van der Waals surface area contributed by atoms with E-state index >= 15 is 0 Å². The van der Waals surface area contributed by atoms with Crippen molar-refractivity contribution < 1.29 is 18.7 Å². The van der Waals surface area contributed by atoms with Crippen molar-refractivity contribution in [1.29, 1.82) is 0 Å². The van der Waals surface area contributed by atoms with Crippen LogP contribution in [0.1, 0.15) is 30.2 Å². The van der Waals surface area contributed by atoms with Crippen LogP contribution in [0, 0.1) is 11.6 Å². The van der Waals surface area contributed by atoms with Crippen LogP contribution in [0.25, 0.3) is 22.4 Å². The first-order valence-electron chi connectivity index (χ1n) is 12.4. The second-order valence-electron chi connectivity index (χ2n) is 9.32. The first-order chi connectivity index (χ1) is 18.9. The maximum atomic E-state index is 14.5. The summed E-state index contributed by atoms with van der Waals surface area (Å²) in [6, 6.07) is 12.6. The van der Waals surface area contributed by atoms with Crippen LogP contribution in [-0.4, -0.2) is 35.7 Å². The van der Waals surface area contributed by atoms with Crippen molar-refractivity contribution in [3.8, 4) is 17.3 Å². The Morgan fingerprint density at radius 2 is 1.87 bits per heavy atom. The molecule has 1 amide bonds. The topological polar surface area (TPSA) is 118 Å². The standard InChI is InChI=1S/C28H23F2N7O2/c1-15(38)32-25-11-16(9-10-31-25)33-27-18-6-4-7-23(18)34-28(35-27)26-19-5-2-3-8-24(19)37(36-26)14-20-21(29)12-17(39)13-22(20)30/h2-3,5,8-13,39H,4,6-7,14H2,1H3,(H2,31,32,33,34,35,38). The molecular weight excluding hydrogens is 504 g/mol. The maximum absolute atomic E-state index is 14.5. The number of fused-ring (bicyclic) bond motifs is 2. The number of hydrogen-bond donors (Lipinski definition) is 3. The minimum absolute atomic E-state index is 0.183. The van der Waals surface area contributed by atoms with E-state index in [0.29, 0.717) is 34.4 Å². The zero-order chi connectivity index (χ0) is 27.1. The molecule has 5 aromatic rings. The first-order valence-corrected chi connectivity index (χ1v) is 12.4. The number of pyridine rings is 1. The number of phenolic OH excluding ortho intramolecular Hbond substituents is 1. The van der Waals surface area contributed by atoms with E-state index in [1.54, 1.807) is 18.3 Å². The van der Waals surface area contributed by atoms with Crippen molar-refractivity contribution in [3.63, 3.8) is 0 Å². The number of para-hydroxylation sites is 1. The molecule has 9 nitrogen and oxygen atoms in total. The van der Waals surface area contributed by atoms with Gasteiger partial charge in [0.1, 0.15) is 34.7 Å². The lowest BCUT2D eigenvalue weighted by molar-refractivity contribution is -0.114. The highest BCUT2D eigenvalue weighted by atomic mass is 19.1. The lowest BCUT2D eigenvalue weighted by Crippen LogP contribution is -2.08. The summed E-state index contributed by atoms with van der Waals surface area (Å²) in [6.45, 7) is 1.23. The average molecular weight is 528 g/mol. The van der Waals surface area contributed by atoms with E-state index in [1.165, 1.54) is 11.6 Å². The number of aryl methyl sites for hydroxylation is 1. The summed E-state index contributed by atoms with van der Waals surface area (Å²) in [7, 11) is 0. The van der Waals surface area contributed by atoms with Gasteiger partial charge in [-0.25, -0.2) is 23.7 Å². The third kappa shape index (κ3) is 4.74. The molecule has 1 aliphatic rings. The lowest BCUT2D eigenvalue weighted by Gasteiger charge is -2.12. The molecule has 196 valence electrons. The molecule has 0 aliphatic heterocycles. The number of benzene rings is 2. The number of nitrogens with one attached hydrogen (secondary N) is 2. The van der Waals surface area contributed by atoms with Gasteiger partial charge in [-0.3, -0.25) is 9.48 Å². The normalized spacial score (nSPS) is 12.5. The van der Waals surface area contributed by atoms with Crippen molar-refractivity contribution >= 4 is 34.1 Å². The van der Waals surface area contributed by atoms with E-state index in [9.17, 15) is 18.7 Å². The number of carbonyl (C=O) groups excluding carboxylic acids is 1. The van der Waals surface area contributed by atoms with Gasteiger partial charge in [-0.15, -0.1) is 0 Å². The number of carbonyl (C=O) groups is 1. The second-order valence-corrected chi connectivity index (χ2v) is 9.32. The van der Waals surface area contributed by atoms with Crippen LogP contribution in [0.3, 0.4) is 0 Å². The number of phenols is 1. The van der Waals surface area contributed by atoms with Gasteiger partial charge in [0, 0.05) is 59.2 Å². The molecule has 0 spiro atoms. The Balaban J connectivity index is 1.43. The quantitative estimate of drug-likeness (QED) is 0.281. The molecule has 0 unspecified atom stereocenters. The Kier molecular flexibility index (Phi) is 6.10. The molecule has 0 saturated carbocycles. The van der Waals surface area contributed by atoms with Gasteiger partial charge in [-0.2, -0.15) is 5.10 Å². The van der Waals surface area contributed by atoms with Gasteiger partial charge in [0.2, 0.25) is 5.91 Å². The molecule has 39 heavy (non-hydrogen) atoms. The number of anilines is 3. The summed E-state index contributed by atoms with van der Waals surface area (Å²) in [5, 5.41) is 21.0. The largest absolute Gasteiger partial charge is 0.508 e. The molecule has 0 fully saturated rings. The zero-order valence-electron chi connectivity index (χ0n) is 20.9. The van der Waals surface area contributed by atoms with Crippen LogP contribution >= 0.6 is 0 Å². The van der Waals surface area contributed by atoms with E-state index in [-0.39, 0.29) is 18.0 Å². The second kappa shape index (κ2) is 9.75. The molecule has 0 radical (unpaired) electrons. The molecule has 3 heterocycles. The number of aromatic nitrogens is 5.